The summed E-state index contributed by atoms with van der Waals surface area (Å²) < 4.78 is 35.1. The lowest BCUT2D eigenvalue weighted by Crippen LogP contribution is -2.46. The van der Waals surface area contributed by atoms with E-state index in [4.69, 9.17) is 9.47 Å². The number of amides is 1. The lowest BCUT2D eigenvalue weighted by molar-refractivity contribution is -0.140. The summed E-state index contributed by atoms with van der Waals surface area (Å²) >= 11 is 0. The molecule has 7 heteroatoms. The predicted octanol–water partition coefficient (Wildman–Crippen LogP) is 2.68. The van der Waals surface area contributed by atoms with Crippen molar-refractivity contribution in [3.8, 4) is 11.5 Å². The molecule has 2 aromatic rings. The number of nitrogens with zero attached hydrogens (tertiary/aromatic N) is 1. The summed E-state index contributed by atoms with van der Waals surface area (Å²) in [6, 6.07) is 16.3. The Kier molecular flexibility index (Phi) is 6.24. The fourth-order valence-electron chi connectivity index (χ4n) is 3.38. The molecule has 1 fully saturated rings. The Morgan fingerprint density at radius 1 is 1.11 bits per heavy atom. The van der Waals surface area contributed by atoms with Crippen LogP contribution in [0.2, 0.25) is 0 Å². The van der Waals surface area contributed by atoms with Gasteiger partial charge in [0.25, 0.3) is 5.91 Å². The van der Waals surface area contributed by atoms with E-state index in [-0.39, 0.29) is 23.5 Å². The fourth-order valence-corrected chi connectivity index (χ4v) is 5.11. The number of hydrogen-bond acceptors (Lipinski definition) is 5. The van der Waals surface area contributed by atoms with Crippen LogP contribution in [-0.2, 0) is 21.2 Å². The van der Waals surface area contributed by atoms with Crippen molar-refractivity contribution in [3.63, 3.8) is 0 Å². The molecular formula is C21H25NO5S. The van der Waals surface area contributed by atoms with Gasteiger partial charge < -0.3 is 14.4 Å². The van der Waals surface area contributed by atoms with Crippen LogP contribution < -0.4 is 9.47 Å². The molecule has 0 aromatic heterocycles. The van der Waals surface area contributed by atoms with E-state index >= 15 is 0 Å². The van der Waals surface area contributed by atoms with Crippen molar-refractivity contribution in [1.82, 2.24) is 4.90 Å². The third kappa shape index (κ3) is 4.84. The summed E-state index contributed by atoms with van der Waals surface area (Å²) in [6.45, 7) is 2.02. The van der Waals surface area contributed by atoms with Crippen LogP contribution in [0.1, 0.15) is 18.9 Å². The highest BCUT2D eigenvalue weighted by Crippen LogP contribution is 2.28. The number of hydrogen-bond donors (Lipinski definition) is 0. The van der Waals surface area contributed by atoms with Gasteiger partial charge in [-0.05, 0) is 31.0 Å². The molecule has 28 heavy (non-hydrogen) atoms. The molecule has 1 aliphatic rings. The Labute approximate surface area is 166 Å². The molecule has 0 radical (unpaired) electrons. The average molecular weight is 404 g/mol. The van der Waals surface area contributed by atoms with Crippen molar-refractivity contribution in [2.45, 2.75) is 32.0 Å². The number of carbonyl (C=O) groups is 1. The Bertz CT molecular complexity index is 913. The Morgan fingerprint density at radius 3 is 2.36 bits per heavy atom. The molecule has 1 aliphatic heterocycles. The van der Waals surface area contributed by atoms with E-state index in [0.29, 0.717) is 24.5 Å². The molecule has 1 heterocycles. The molecular weight excluding hydrogens is 378 g/mol. The van der Waals surface area contributed by atoms with Gasteiger partial charge in [0.1, 0.15) is 0 Å². The van der Waals surface area contributed by atoms with E-state index < -0.39 is 15.9 Å². The van der Waals surface area contributed by atoms with Crippen LogP contribution in [0.25, 0.3) is 0 Å². The first-order valence-corrected chi connectivity index (χ1v) is 11.1. The van der Waals surface area contributed by atoms with Gasteiger partial charge in [0.15, 0.2) is 27.4 Å². The quantitative estimate of drug-likeness (QED) is 0.711. The summed E-state index contributed by atoms with van der Waals surface area (Å²) in [6.07, 6.45) is -0.328. The first-order chi connectivity index (χ1) is 13.4. The molecule has 6 nitrogen and oxygen atoms in total. The molecule has 2 unspecified atom stereocenters. The number of rotatable bonds is 7. The predicted molar refractivity (Wildman–Crippen MR) is 107 cm³/mol. The summed E-state index contributed by atoms with van der Waals surface area (Å²) in [5.74, 6) is 0.881. The van der Waals surface area contributed by atoms with E-state index in [9.17, 15) is 13.2 Å². The van der Waals surface area contributed by atoms with Crippen molar-refractivity contribution in [3.05, 3.63) is 60.2 Å². The van der Waals surface area contributed by atoms with Crippen molar-refractivity contribution >= 4 is 15.7 Å². The maximum atomic E-state index is 13.2. The summed E-state index contributed by atoms with van der Waals surface area (Å²) in [4.78, 5) is 14.9. The van der Waals surface area contributed by atoms with Crippen molar-refractivity contribution < 1.29 is 22.7 Å². The molecule has 0 bridgehead atoms. The van der Waals surface area contributed by atoms with Crippen molar-refractivity contribution in [2.24, 2.45) is 0 Å². The third-order valence-electron chi connectivity index (χ3n) is 4.85. The smallest absolute Gasteiger partial charge is 0.263 e. The van der Waals surface area contributed by atoms with Gasteiger partial charge in [0, 0.05) is 12.6 Å². The van der Waals surface area contributed by atoms with Crippen LogP contribution >= 0.6 is 0 Å². The zero-order chi connectivity index (χ0) is 20.1. The van der Waals surface area contributed by atoms with Gasteiger partial charge >= 0.3 is 0 Å². The molecule has 1 saturated heterocycles. The van der Waals surface area contributed by atoms with Crippen molar-refractivity contribution in [1.29, 1.82) is 0 Å². The fraction of sp³-hybridized carbons (Fsp3) is 0.381. The van der Waals surface area contributed by atoms with Gasteiger partial charge in [-0.25, -0.2) is 8.42 Å². The Morgan fingerprint density at radius 2 is 1.75 bits per heavy atom. The minimum absolute atomic E-state index is 0.00699. The average Bonchev–Trinajstić information content (AvgIpc) is 3.06. The Balaban J connectivity index is 1.81. The number of carbonyl (C=O) groups excluding carboxylic acids is 1. The molecule has 0 N–H and O–H groups in total. The maximum Gasteiger partial charge on any atom is 0.263 e. The van der Waals surface area contributed by atoms with Crippen molar-refractivity contribution in [2.75, 3.05) is 18.6 Å². The molecule has 0 spiro atoms. The summed E-state index contributed by atoms with van der Waals surface area (Å²) in [5.41, 5.74) is 0.949. The van der Waals surface area contributed by atoms with E-state index in [2.05, 4.69) is 0 Å². The van der Waals surface area contributed by atoms with Gasteiger partial charge in [-0.3, -0.25) is 4.79 Å². The minimum atomic E-state index is -3.12. The standard InChI is InChI=1S/C21H25NO5S/c1-16(27-20-11-7-6-10-19(20)26-2)21(23)22(14-17-8-4-3-5-9-17)18-12-13-28(24,25)15-18/h3-11,16,18H,12-15H2,1-2H3. The molecule has 2 atom stereocenters. The second kappa shape index (κ2) is 8.65. The topological polar surface area (TPSA) is 72.9 Å². The zero-order valence-corrected chi connectivity index (χ0v) is 16.9. The first-order valence-electron chi connectivity index (χ1n) is 9.24. The molecule has 1 amide bonds. The second-order valence-corrected chi connectivity index (χ2v) is 9.15. The molecule has 0 saturated carbocycles. The van der Waals surface area contributed by atoms with Gasteiger partial charge in [-0.15, -0.1) is 0 Å². The summed E-state index contributed by atoms with van der Waals surface area (Å²) in [7, 11) is -1.57. The van der Waals surface area contributed by atoms with Crippen LogP contribution in [0.4, 0.5) is 0 Å². The SMILES string of the molecule is COc1ccccc1OC(C)C(=O)N(Cc1ccccc1)C1CCS(=O)(=O)C1. The third-order valence-corrected chi connectivity index (χ3v) is 6.60. The molecule has 3 rings (SSSR count). The monoisotopic (exact) mass is 403 g/mol. The highest BCUT2D eigenvalue weighted by atomic mass is 32.2. The van der Waals surface area contributed by atoms with E-state index in [1.165, 1.54) is 0 Å². The normalized spacial score (nSPS) is 19.0. The largest absolute Gasteiger partial charge is 0.493 e. The minimum Gasteiger partial charge on any atom is -0.493 e. The first kappa shape index (κ1) is 20.2. The Hall–Kier alpha value is -2.54. The second-order valence-electron chi connectivity index (χ2n) is 6.92. The maximum absolute atomic E-state index is 13.2. The number of sulfone groups is 1. The number of methoxy groups -OCH3 is 1. The number of benzene rings is 2. The zero-order valence-electron chi connectivity index (χ0n) is 16.1. The lowest BCUT2D eigenvalue weighted by atomic mass is 10.1. The van der Waals surface area contributed by atoms with E-state index in [0.717, 1.165) is 5.56 Å². The molecule has 150 valence electrons. The van der Waals surface area contributed by atoms with Crippen LogP contribution in [0.3, 0.4) is 0 Å². The van der Waals surface area contributed by atoms with Gasteiger partial charge in [0.05, 0.1) is 18.6 Å². The number of ether oxygens (including phenoxy) is 2. The number of para-hydroxylation sites is 2. The van der Waals surface area contributed by atoms with Gasteiger partial charge in [0.2, 0.25) is 0 Å². The van der Waals surface area contributed by atoms with Crippen LogP contribution in [-0.4, -0.2) is 50.0 Å². The molecule has 2 aromatic carbocycles. The highest BCUT2D eigenvalue weighted by Gasteiger charge is 2.36. The lowest BCUT2D eigenvalue weighted by Gasteiger charge is -2.31. The van der Waals surface area contributed by atoms with Gasteiger partial charge in [-0.1, -0.05) is 42.5 Å². The highest BCUT2D eigenvalue weighted by molar-refractivity contribution is 7.91. The van der Waals surface area contributed by atoms with E-state index in [1.54, 1.807) is 37.1 Å². The van der Waals surface area contributed by atoms with Crippen LogP contribution in [0.5, 0.6) is 11.5 Å². The van der Waals surface area contributed by atoms with Crippen LogP contribution in [0.15, 0.2) is 54.6 Å². The molecule has 0 aliphatic carbocycles. The summed E-state index contributed by atoms with van der Waals surface area (Å²) in [5, 5.41) is 0. The van der Waals surface area contributed by atoms with Gasteiger partial charge in [-0.2, -0.15) is 0 Å². The van der Waals surface area contributed by atoms with E-state index in [1.807, 2.05) is 36.4 Å². The van der Waals surface area contributed by atoms with Crippen LogP contribution in [0, 0.1) is 0 Å².